The highest BCUT2D eigenvalue weighted by Gasteiger charge is 2.18. The quantitative estimate of drug-likeness (QED) is 0.609. The summed E-state index contributed by atoms with van der Waals surface area (Å²) < 4.78 is 5.75. The molecular formula is C11H16N2O2S2. The van der Waals surface area contributed by atoms with E-state index in [0.717, 1.165) is 16.0 Å². The van der Waals surface area contributed by atoms with Gasteiger partial charge in [-0.25, -0.2) is 4.79 Å². The molecule has 1 aliphatic rings. The van der Waals surface area contributed by atoms with Crippen molar-refractivity contribution in [1.29, 1.82) is 0 Å². The first-order valence-electron chi connectivity index (χ1n) is 5.93. The molecule has 1 aliphatic carbocycles. The molecule has 0 unspecified atom stereocenters. The van der Waals surface area contributed by atoms with Crippen molar-refractivity contribution in [3.8, 4) is 0 Å². The van der Waals surface area contributed by atoms with Gasteiger partial charge in [-0.15, -0.1) is 10.2 Å². The van der Waals surface area contributed by atoms with Crippen LogP contribution >= 0.6 is 23.1 Å². The average molecular weight is 272 g/mol. The lowest BCUT2D eigenvalue weighted by Gasteiger charge is -2.04. The third-order valence-electron chi connectivity index (χ3n) is 2.77. The Morgan fingerprint density at radius 2 is 2.24 bits per heavy atom. The normalized spacial score (nSPS) is 16.3. The Hall–Kier alpha value is -0.620. The molecule has 0 bridgehead atoms. The van der Waals surface area contributed by atoms with Crippen LogP contribution < -0.4 is 0 Å². The molecule has 6 heteroatoms. The number of carbonyl (C=O) groups excluding carboxylic acids is 1. The molecule has 0 radical (unpaired) electrons. The third-order valence-corrected chi connectivity index (χ3v) is 5.04. The molecule has 1 aromatic rings. The van der Waals surface area contributed by atoms with Crippen molar-refractivity contribution in [3.05, 3.63) is 5.01 Å². The van der Waals surface area contributed by atoms with Gasteiger partial charge < -0.3 is 4.74 Å². The van der Waals surface area contributed by atoms with Crippen LogP contribution in [0.5, 0.6) is 0 Å². The van der Waals surface area contributed by atoms with E-state index in [9.17, 15) is 4.79 Å². The fourth-order valence-electron chi connectivity index (χ4n) is 1.91. The Balaban J connectivity index is 1.83. The van der Waals surface area contributed by atoms with Gasteiger partial charge in [-0.3, -0.25) is 0 Å². The Morgan fingerprint density at radius 1 is 1.47 bits per heavy atom. The fourth-order valence-corrected chi connectivity index (χ4v) is 3.87. The maximum absolute atomic E-state index is 11.4. The number of aromatic nitrogens is 2. The summed E-state index contributed by atoms with van der Waals surface area (Å²) in [6, 6.07) is 0. The van der Waals surface area contributed by atoms with Crippen LogP contribution in [-0.2, 0) is 4.74 Å². The van der Waals surface area contributed by atoms with Gasteiger partial charge in [0.2, 0.25) is 5.01 Å². The Kier molecular flexibility index (Phi) is 4.79. The van der Waals surface area contributed by atoms with Gasteiger partial charge in [-0.1, -0.05) is 35.9 Å². The number of esters is 1. The van der Waals surface area contributed by atoms with Gasteiger partial charge in [0.15, 0.2) is 4.34 Å². The second-order valence-electron chi connectivity index (χ2n) is 4.06. The van der Waals surface area contributed by atoms with Gasteiger partial charge >= 0.3 is 5.97 Å². The summed E-state index contributed by atoms with van der Waals surface area (Å²) in [6.07, 6.45) is 5.37. The summed E-state index contributed by atoms with van der Waals surface area (Å²) in [7, 11) is 0. The zero-order valence-electron chi connectivity index (χ0n) is 9.85. The van der Waals surface area contributed by atoms with Gasteiger partial charge in [0.25, 0.3) is 0 Å². The number of ether oxygens (including phenoxy) is 1. The van der Waals surface area contributed by atoms with Crippen molar-refractivity contribution < 1.29 is 9.53 Å². The molecule has 1 aromatic heterocycles. The number of thioether (sulfide) groups is 1. The lowest BCUT2D eigenvalue weighted by molar-refractivity contribution is 0.0525. The van der Waals surface area contributed by atoms with Crippen LogP contribution in [0, 0.1) is 5.92 Å². The summed E-state index contributed by atoms with van der Waals surface area (Å²) in [5.74, 6) is 1.55. The topological polar surface area (TPSA) is 52.1 Å². The van der Waals surface area contributed by atoms with E-state index in [0.29, 0.717) is 11.6 Å². The van der Waals surface area contributed by atoms with E-state index in [4.69, 9.17) is 4.74 Å². The molecule has 0 atom stereocenters. The minimum atomic E-state index is -0.363. The Labute approximate surface area is 109 Å². The summed E-state index contributed by atoms with van der Waals surface area (Å²) in [6.45, 7) is 2.16. The van der Waals surface area contributed by atoms with Crippen molar-refractivity contribution in [2.75, 3.05) is 12.4 Å². The highest BCUT2D eigenvalue weighted by molar-refractivity contribution is 8.01. The van der Waals surface area contributed by atoms with E-state index in [-0.39, 0.29) is 5.97 Å². The maximum Gasteiger partial charge on any atom is 0.369 e. The minimum absolute atomic E-state index is 0.362. The number of nitrogens with zero attached hydrogens (tertiary/aromatic N) is 2. The van der Waals surface area contributed by atoms with Crippen LogP contribution in [0.2, 0.25) is 0 Å². The number of hydrogen-bond acceptors (Lipinski definition) is 6. The van der Waals surface area contributed by atoms with E-state index < -0.39 is 0 Å². The van der Waals surface area contributed by atoms with Crippen LogP contribution in [0.15, 0.2) is 4.34 Å². The van der Waals surface area contributed by atoms with E-state index in [1.807, 2.05) is 0 Å². The zero-order chi connectivity index (χ0) is 12.1. The molecule has 2 rings (SSSR count). The molecule has 0 saturated heterocycles. The van der Waals surface area contributed by atoms with Crippen molar-refractivity contribution in [2.45, 2.75) is 36.9 Å². The molecule has 94 valence electrons. The number of hydrogen-bond donors (Lipinski definition) is 0. The zero-order valence-corrected chi connectivity index (χ0v) is 11.5. The minimum Gasteiger partial charge on any atom is -0.461 e. The van der Waals surface area contributed by atoms with Gasteiger partial charge in [0, 0.05) is 5.75 Å². The Bertz CT molecular complexity index is 375. The summed E-state index contributed by atoms with van der Waals surface area (Å²) in [5, 5.41) is 8.23. The second-order valence-corrected chi connectivity index (χ2v) is 6.30. The molecule has 1 heterocycles. The molecule has 1 fully saturated rings. The van der Waals surface area contributed by atoms with Gasteiger partial charge in [0.1, 0.15) is 0 Å². The molecule has 0 aromatic carbocycles. The molecule has 1 saturated carbocycles. The second kappa shape index (κ2) is 6.35. The van der Waals surface area contributed by atoms with Gasteiger partial charge in [-0.05, 0) is 25.7 Å². The maximum atomic E-state index is 11.4. The molecule has 0 amide bonds. The van der Waals surface area contributed by atoms with Crippen LogP contribution in [0.3, 0.4) is 0 Å². The largest absolute Gasteiger partial charge is 0.461 e. The first-order chi connectivity index (χ1) is 8.29. The van der Waals surface area contributed by atoms with Crippen LogP contribution in [0.25, 0.3) is 0 Å². The van der Waals surface area contributed by atoms with Gasteiger partial charge in [-0.2, -0.15) is 0 Å². The lowest BCUT2D eigenvalue weighted by atomic mass is 10.1. The van der Waals surface area contributed by atoms with E-state index in [1.54, 1.807) is 18.7 Å². The van der Waals surface area contributed by atoms with Crippen LogP contribution in [0.4, 0.5) is 0 Å². The van der Waals surface area contributed by atoms with E-state index in [2.05, 4.69) is 10.2 Å². The van der Waals surface area contributed by atoms with Crippen molar-refractivity contribution in [3.63, 3.8) is 0 Å². The highest BCUT2D eigenvalue weighted by Crippen LogP contribution is 2.32. The lowest BCUT2D eigenvalue weighted by Crippen LogP contribution is -2.03. The standard InChI is InChI=1S/C11H16N2O2S2/c1-2-15-10(14)9-12-13-11(17-9)16-7-8-5-3-4-6-8/h8H,2-7H2,1H3. The predicted molar refractivity (Wildman–Crippen MR) is 68.5 cm³/mol. The smallest absolute Gasteiger partial charge is 0.369 e. The first-order valence-corrected chi connectivity index (χ1v) is 7.73. The van der Waals surface area contributed by atoms with Crippen LogP contribution in [-0.4, -0.2) is 28.5 Å². The van der Waals surface area contributed by atoms with Crippen molar-refractivity contribution in [2.24, 2.45) is 5.92 Å². The molecule has 0 aliphatic heterocycles. The monoisotopic (exact) mass is 272 g/mol. The molecular weight excluding hydrogens is 256 g/mol. The number of rotatable bonds is 5. The highest BCUT2D eigenvalue weighted by atomic mass is 32.2. The average Bonchev–Trinajstić information content (AvgIpc) is 2.98. The summed E-state index contributed by atoms with van der Waals surface area (Å²) in [4.78, 5) is 11.4. The van der Waals surface area contributed by atoms with E-state index >= 15 is 0 Å². The van der Waals surface area contributed by atoms with E-state index in [1.165, 1.54) is 37.0 Å². The fraction of sp³-hybridized carbons (Fsp3) is 0.727. The number of carbonyl (C=O) groups is 1. The first kappa shape index (κ1) is 12.8. The van der Waals surface area contributed by atoms with Crippen molar-refractivity contribution in [1.82, 2.24) is 10.2 Å². The van der Waals surface area contributed by atoms with Crippen LogP contribution in [0.1, 0.15) is 42.4 Å². The predicted octanol–water partition coefficient (Wildman–Crippen LogP) is 3.00. The van der Waals surface area contributed by atoms with Gasteiger partial charge in [0.05, 0.1) is 6.61 Å². The molecule has 0 N–H and O–H groups in total. The third kappa shape index (κ3) is 3.67. The Morgan fingerprint density at radius 3 is 2.94 bits per heavy atom. The molecule has 0 spiro atoms. The molecule has 4 nitrogen and oxygen atoms in total. The summed E-state index contributed by atoms with van der Waals surface area (Å²) in [5.41, 5.74) is 0. The SMILES string of the molecule is CCOC(=O)c1nnc(SCC2CCCC2)s1. The van der Waals surface area contributed by atoms with Crippen molar-refractivity contribution >= 4 is 29.1 Å². The summed E-state index contributed by atoms with van der Waals surface area (Å²) >= 11 is 3.04. The molecule has 17 heavy (non-hydrogen) atoms.